The number of methoxy groups -OCH3 is 1. The van der Waals surface area contributed by atoms with Gasteiger partial charge in [-0.15, -0.1) is 0 Å². The number of ether oxygens (including phenoxy) is 1. The molecule has 0 spiro atoms. The van der Waals surface area contributed by atoms with Gasteiger partial charge >= 0.3 is 0 Å². The summed E-state index contributed by atoms with van der Waals surface area (Å²) >= 11 is 0. The lowest BCUT2D eigenvalue weighted by Crippen LogP contribution is -2.34. The molecule has 7 nitrogen and oxygen atoms in total. The van der Waals surface area contributed by atoms with E-state index in [9.17, 15) is 14.7 Å². The van der Waals surface area contributed by atoms with Gasteiger partial charge in [0.15, 0.2) is 11.5 Å². The molecule has 0 radical (unpaired) electrons. The van der Waals surface area contributed by atoms with Crippen LogP contribution < -0.4 is 14.5 Å². The zero-order valence-electron chi connectivity index (χ0n) is 17.4. The van der Waals surface area contributed by atoms with Crippen molar-refractivity contribution < 1.29 is 19.4 Å². The maximum absolute atomic E-state index is 12.5. The third-order valence-electron chi connectivity index (χ3n) is 5.00. The Morgan fingerprint density at radius 3 is 2.10 bits per heavy atom. The Hall–Kier alpha value is -4.13. The zero-order chi connectivity index (χ0) is 22.1. The van der Waals surface area contributed by atoms with Crippen molar-refractivity contribution in [2.75, 3.05) is 16.9 Å². The minimum Gasteiger partial charge on any atom is -0.504 e. The molecule has 2 amide bonds. The van der Waals surface area contributed by atoms with E-state index in [-0.39, 0.29) is 17.6 Å². The number of nitrogens with zero attached hydrogens (tertiary/aromatic N) is 3. The molecule has 0 fully saturated rings. The fourth-order valence-electron chi connectivity index (χ4n) is 3.66. The molecule has 0 aromatic heterocycles. The van der Waals surface area contributed by atoms with Crippen LogP contribution >= 0.6 is 0 Å². The Bertz CT molecular complexity index is 1220. The maximum Gasteiger partial charge on any atom is 0.228 e. The standard InChI is InChI=1S/C24H21N3O4/c1-15(28)26-19-6-4-5-7-20(19)27(16(2)29)22-13-18(9-10-21(22)26)25-14-17-8-11-23(30)24(12-17)31-3/h4-14,30H,1-3H3. The number of rotatable bonds is 3. The summed E-state index contributed by atoms with van der Waals surface area (Å²) in [5.74, 6) is 0.0880. The molecule has 0 saturated heterocycles. The van der Waals surface area contributed by atoms with E-state index in [0.29, 0.717) is 34.2 Å². The molecule has 1 heterocycles. The summed E-state index contributed by atoms with van der Waals surface area (Å²) in [6.45, 7) is 2.98. The highest BCUT2D eigenvalue weighted by molar-refractivity contribution is 6.15. The van der Waals surface area contributed by atoms with Gasteiger partial charge < -0.3 is 9.84 Å². The van der Waals surface area contributed by atoms with Gasteiger partial charge in [0.05, 0.1) is 35.5 Å². The number of phenols is 1. The molecule has 4 rings (SSSR count). The number of phenolic OH excluding ortho intramolecular Hbond substituents is 1. The lowest BCUT2D eigenvalue weighted by Gasteiger charge is -2.37. The predicted octanol–water partition coefficient (Wildman–Crippen LogP) is 4.83. The van der Waals surface area contributed by atoms with E-state index in [4.69, 9.17) is 4.74 Å². The summed E-state index contributed by atoms with van der Waals surface area (Å²) in [5.41, 5.74) is 3.85. The molecule has 0 atom stereocenters. The summed E-state index contributed by atoms with van der Waals surface area (Å²) in [7, 11) is 1.48. The lowest BCUT2D eigenvalue weighted by molar-refractivity contribution is -0.117. The first kappa shape index (κ1) is 20.2. The number of aromatic hydroxyl groups is 1. The van der Waals surface area contributed by atoms with E-state index < -0.39 is 0 Å². The Morgan fingerprint density at radius 2 is 1.48 bits per heavy atom. The maximum atomic E-state index is 12.5. The molecule has 0 saturated carbocycles. The molecule has 31 heavy (non-hydrogen) atoms. The number of anilines is 4. The van der Waals surface area contributed by atoms with Crippen molar-refractivity contribution >= 4 is 46.5 Å². The molecule has 1 N–H and O–H groups in total. The quantitative estimate of drug-likeness (QED) is 0.621. The van der Waals surface area contributed by atoms with Crippen LogP contribution in [0.5, 0.6) is 11.5 Å². The van der Waals surface area contributed by atoms with Crippen LogP contribution in [-0.2, 0) is 9.59 Å². The molecule has 3 aromatic rings. The van der Waals surface area contributed by atoms with Gasteiger partial charge in [-0.3, -0.25) is 24.4 Å². The summed E-state index contributed by atoms with van der Waals surface area (Å²) in [4.78, 5) is 32.7. The summed E-state index contributed by atoms with van der Waals surface area (Å²) < 4.78 is 5.13. The van der Waals surface area contributed by atoms with Crippen LogP contribution in [0, 0.1) is 0 Å². The summed E-state index contributed by atoms with van der Waals surface area (Å²) in [5, 5.41) is 9.74. The zero-order valence-corrected chi connectivity index (χ0v) is 17.4. The molecule has 156 valence electrons. The second kappa shape index (κ2) is 7.95. The van der Waals surface area contributed by atoms with Gasteiger partial charge in [-0.05, 0) is 54.1 Å². The first-order valence-electron chi connectivity index (χ1n) is 9.66. The number of carbonyl (C=O) groups excluding carboxylic acids is 2. The van der Waals surface area contributed by atoms with Crippen molar-refractivity contribution in [3.05, 3.63) is 66.2 Å². The Balaban J connectivity index is 1.79. The number of fused-ring (bicyclic) bond motifs is 2. The Labute approximate surface area is 179 Å². The van der Waals surface area contributed by atoms with Crippen LogP contribution in [0.15, 0.2) is 65.7 Å². The van der Waals surface area contributed by atoms with E-state index in [1.165, 1.54) is 27.0 Å². The van der Waals surface area contributed by atoms with Crippen LogP contribution in [0.1, 0.15) is 19.4 Å². The second-order valence-electron chi connectivity index (χ2n) is 7.06. The first-order valence-corrected chi connectivity index (χ1v) is 9.66. The summed E-state index contributed by atoms with van der Waals surface area (Å²) in [6, 6.07) is 17.6. The highest BCUT2D eigenvalue weighted by Crippen LogP contribution is 2.49. The van der Waals surface area contributed by atoms with Crippen LogP contribution in [0.2, 0.25) is 0 Å². The number of amides is 2. The molecule has 0 bridgehead atoms. The van der Waals surface area contributed by atoms with Crippen molar-refractivity contribution in [2.45, 2.75) is 13.8 Å². The number of para-hydroxylation sites is 2. The molecule has 1 aliphatic rings. The topological polar surface area (TPSA) is 82.4 Å². The van der Waals surface area contributed by atoms with Crippen molar-refractivity contribution in [1.82, 2.24) is 0 Å². The van der Waals surface area contributed by atoms with Crippen molar-refractivity contribution in [1.29, 1.82) is 0 Å². The molecule has 0 aliphatic carbocycles. The average Bonchev–Trinajstić information content (AvgIpc) is 2.76. The average molecular weight is 415 g/mol. The predicted molar refractivity (Wildman–Crippen MR) is 120 cm³/mol. The Morgan fingerprint density at radius 1 is 0.871 bits per heavy atom. The van der Waals surface area contributed by atoms with Crippen LogP contribution in [-0.4, -0.2) is 30.2 Å². The smallest absolute Gasteiger partial charge is 0.228 e. The van der Waals surface area contributed by atoms with Crippen LogP contribution in [0.4, 0.5) is 28.4 Å². The van der Waals surface area contributed by atoms with Gasteiger partial charge in [-0.2, -0.15) is 0 Å². The molecular weight excluding hydrogens is 394 g/mol. The monoisotopic (exact) mass is 415 g/mol. The van der Waals surface area contributed by atoms with Gasteiger partial charge in [0.25, 0.3) is 0 Å². The summed E-state index contributed by atoms with van der Waals surface area (Å²) in [6.07, 6.45) is 1.64. The minimum atomic E-state index is -0.165. The molecular formula is C24H21N3O4. The number of hydrogen-bond donors (Lipinski definition) is 1. The number of aliphatic imine (C=N–C) groups is 1. The van der Waals surface area contributed by atoms with Gasteiger partial charge in [-0.1, -0.05) is 12.1 Å². The van der Waals surface area contributed by atoms with E-state index in [2.05, 4.69) is 4.99 Å². The second-order valence-corrected chi connectivity index (χ2v) is 7.06. The number of carbonyl (C=O) groups is 2. The minimum absolute atomic E-state index is 0.0496. The van der Waals surface area contributed by atoms with Gasteiger partial charge in [0.2, 0.25) is 11.8 Å². The van der Waals surface area contributed by atoms with Gasteiger partial charge in [-0.25, -0.2) is 0 Å². The third kappa shape index (κ3) is 3.61. The Kier molecular flexibility index (Phi) is 5.17. The van der Waals surface area contributed by atoms with Gasteiger partial charge in [0.1, 0.15) is 0 Å². The lowest BCUT2D eigenvalue weighted by atomic mass is 10.1. The molecule has 7 heteroatoms. The molecule has 0 unspecified atom stereocenters. The fourth-order valence-corrected chi connectivity index (χ4v) is 3.66. The highest BCUT2D eigenvalue weighted by atomic mass is 16.5. The van der Waals surface area contributed by atoms with Crippen LogP contribution in [0.3, 0.4) is 0 Å². The highest BCUT2D eigenvalue weighted by Gasteiger charge is 2.32. The van der Waals surface area contributed by atoms with Crippen molar-refractivity contribution in [2.24, 2.45) is 4.99 Å². The SMILES string of the molecule is COc1cc(C=Nc2ccc3c(c2)N(C(C)=O)c2ccccc2N3C(C)=O)ccc1O. The number of hydrogen-bond acceptors (Lipinski definition) is 5. The first-order chi connectivity index (χ1) is 14.9. The molecule has 3 aromatic carbocycles. The van der Waals surface area contributed by atoms with Crippen LogP contribution in [0.25, 0.3) is 0 Å². The number of benzene rings is 3. The normalized spacial score (nSPS) is 12.5. The van der Waals surface area contributed by atoms with Crippen molar-refractivity contribution in [3.63, 3.8) is 0 Å². The van der Waals surface area contributed by atoms with E-state index in [1.54, 1.807) is 46.3 Å². The van der Waals surface area contributed by atoms with E-state index in [0.717, 1.165) is 5.56 Å². The van der Waals surface area contributed by atoms with E-state index >= 15 is 0 Å². The van der Waals surface area contributed by atoms with Gasteiger partial charge in [0, 0.05) is 20.1 Å². The third-order valence-corrected chi connectivity index (χ3v) is 5.00. The largest absolute Gasteiger partial charge is 0.504 e. The molecule has 1 aliphatic heterocycles. The van der Waals surface area contributed by atoms with E-state index in [1.807, 2.05) is 24.3 Å². The van der Waals surface area contributed by atoms with Crippen molar-refractivity contribution in [3.8, 4) is 11.5 Å². The fraction of sp³-hybridized carbons (Fsp3) is 0.125.